The molecule has 1 aliphatic heterocycles. The minimum absolute atomic E-state index is 0.0810. The van der Waals surface area contributed by atoms with Crippen molar-refractivity contribution in [1.82, 2.24) is 14.7 Å². The smallest absolute Gasteiger partial charge is 0.359 e. The molecule has 0 bridgehead atoms. The van der Waals surface area contributed by atoms with Crippen LogP contribution in [-0.4, -0.2) is 45.8 Å². The molecule has 0 saturated carbocycles. The number of nitrogens with zero attached hydrogens (tertiary/aromatic N) is 3. The quantitative estimate of drug-likeness (QED) is 0.592. The second-order valence-corrected chi connectivity index (χ2v) is 7.30. The maximum Gasteiger partial charge on any atom is 0.359 e. The molecular formula is C21H20ClN3O4. The SMILES string of the molecule is CC(OC(=O)c1cc(-c2ccco2)n(-c2cccc(Cl)c2)n1)C(=O)N1CCCC1. The minimum Gasteiger partial charge on any atom is -0.463 e. The summed E-state index contributed by atoms with van der Waals surface area (Å²) in [5.41, 5.74) is 1.32. The molecule has 1 amide bonds. The zero-order chi connectivity index (χ0) is 20.4. The number of amides is 1. The van der Waals surface area contributed by atoms with E-state index in [1.807, 2.05) is 6.07 Å². The molecule has 2 aromatic heterocycles. The fourth-order valence-electron chi connectivity index (χ4n) is 3.35. The van der Waals surface area contributed by atoms with Crippen LogP contribution in [0.5, 0.6) is 0 Å². The summed E-state index contributed by atoms with van der Waals surface area (Å²) in [5.74, 6) is -0.312. The maximum absolute atomic E-state index is 12.7. The number of likely N-dealkylation sites (tertiary alicyclic amines) is 1. The number of carbonyl (C=O) groups is 2. The van der Waals surface area contributed by atoms with Crippen molar-refractivity contribution in [3.63, 3.8) is 0 Å². The second kappa shape index (κ2) is 8.13. The van der Waals surface area contributed by atoms with Crippen molar-refractivity contribution in [3.05, 3.63) is 59.4 Å². The van der Waals surface area contributed by atoms with Crippen LogP contribution in [0.15, 0.2) is 53.1 Å². The van der Waals surface area contributed by atoms with Crippen molar-refractivity contribution in [2.45, 2.75) is 25.9 Å². The van der Waals surface area contributed by atoms with Gasteiger partial charge in [-0.05, 0) is 50.1 Å². The Morgan fingerprint density at radius 1 is 1.17 bits per heavy atom. The fourth-order valence-corrected chi connectivity index (χ4v) is 3.54. The van der Waals surface area contributed by atoms with Crippen molar-refractivity contribution in [1.29, 1.82) is 0 Å². The first-order valence-corrected chi connectivity index (χ1v) is 9.80. The van der Waals surface area contributed by atoms with Crippen molar-refractivity contribution in [3.8, 4) is 17.1 Å². The second-order valence-electron chi connectivity index (χ2n) is 6.86. The van der Waals surface area contributed by atoms with Crippen molar-refractivity contribution >= 4 is 23.5 Å². The molecule has 3 heterocycles. The van der Waals surface area contributed by atoms with Gasteiger partial charge in [-0.25, -0.2) is 9.48 Å². The highest BCUT2D eigenvalue weighted by Crippen LogP contribution is 2.26. The van der Waals surface area contributed by atoms with Gasteiger partial charge in [0.1, 0.15) is 5.69 Å². The van der Waals surface area contributed by atoms with Crippen LogP contribution in [0, 0.1) is 0 Å². The third kappa shape index (κ3) is 4.05. The number of carbonyl (C=O) groups excluding carboxylic acids is 2. The standard InChI is InChI=1S/C21H20ClN3O4/c1-14(20(26)24-9-2-3-10-24)29-21(27)17-13-18(19-8-5-11-28-19)25(23-17)16-7-4-6-15(22)12-16/h4-8,11-14H,2-3,9-10H2,1H3. The predicted molar refractivity (Wildman–Crippen MR) is 107 cm³/mol. The molecular weight excluding hydrogens is 394 g/mol. The van der Waals surface area contributed by atoms with E-state index in [1.165, 1.54) is 0 Å². The van der Waals surface area contributed by atoms with Crippen molar-refractivity contribution in [2.75, 3.05) is 13.1 Å². The van der Waals surface area contributed by atoms with Crippen LogP contribution in [-0.2, 0) is 9.53 Å². The number of ether oxygens (including phenoxy) is 1. The molecule has 1 aromatic carbocycles. The lowest BCUT2D eigenvalue weighted by Crippen LogP contribution is -2.38. The Kier molecular flexibility index (Phi) is 5.40. The largest absolute Gasteiger partial charge is 0.463 e. The number of benzene rings is 1. The zero-order valence-corrected chi connectivity index (χ0v) is 16.6. The minimum atomic E-state index is -0.871. The summed E-state index contributed by atoms with van der Waals surface area (Å²) < 4.78 is 12.4. The first kappa shape index (κ1) is 19.3. The summed E-state index contributed by atoms with van der Waals surface area (Å²) in [7, 11) is 0. The van der Waals surface area contributed by atoms with Gasteiger partial charge in [0.25, 0.3) is 5.91 Å². The van der Waals surface area contributed by atoms with Crippen LogP contribution in [0.25, 0.3) is 17.1 Å². The third-order valence-corrected chi connectivity index (χ3v) is 5.03. The Morgan fingerprint density at radius 3 is 2.66 bits per heavy atom. The summed E-state index contributed by atoms with van der Waals surface area (Å²) in [6, 6.07) is 12.2. The predicted octanol–water partition coefficient (Wildman–Crippen LogP) is 3.95. The first-order chi connectivity index (χ1) is 14.0. The monoisotopic (exact) mass is 413 g/mol. The van der Waals surface area contributed by atoms with Crippen molar-refractivity contribution in [2.24, 2.45) is 0 Å². The van der Waals surface area contributed by atoms with E-state index in [1.54, 1.807) is 59.2 Å². The van der Waals surface area contributed by atoms with Crippen LogP contribution >= 0.6 is 11.6 Å². The lowest BCUT2D eigenvalue weighted by atomic mass is 10.2. The summed E-state index contributed by atoms with van der Waals surface area (Å²) >= 11 is 6.11. The molecule has 1 atom stereocenters. The van der Waals surface area contributed by atoms with E-state index in [0.717, 1.165) is 12.8 Å². The van der Waals surface area contributed by atoms with Gasteiger partial charge >= 0.3 is 5.97 Å². The van der Waals surface area contributed by atoms with Crippen LogP contribution in [0.1, 0.15) is 30.3 Å². The lowest BCUT2D eigenvalue weighted by molar-refractivity contribution is -0.138. The molecule has 1 aliphatic rings. The Balaban J connectivity index is 1.61. The molecule has 1 saturated heterocycles. The summed E-state index contributed by atoms with van der Waals surface area (Å²) in [6.45, 7) is 2.99. The molecule has 29 heavy (non-hydrogen) atoms. The molecule has 1 unspecified atom stereocenters. The van der Waals surface area contributed by atoms with Crippen molar-refractivity contribution < 1.29 is 18.7 Å². The van der Waals surface area contributed by atoms with E-state index in [2.05, 4.69) is 5.10 Å². The van der Waals surface area contributed by atoms with Gasteiger partial charge in [-0.3, -0.25) is 4.79 Å². The normalized spacial score (nSPS) is 14.8. The summed E-state index contributed by atoms with van der Waals surface area (Å²) in [4.78, 5) is 26.8. The zero-order valence-electron chi connectivity index (χ0n) is 15.9. The number of furan rings is 1. The van der Waals surface area contributed by atoms with E-state index < -0.39 is 12.1 Å². The van der Waals surface area contributed by atoms with Gasteiger partial charge in [-0.2, -0.15) is 5.10 Å². The Morgan fingerprint density at radius 2 is 1.97 bits per heavy atom. The van der Waals surface area contributed by atoms with Crippen LogP contribution < -0.4 is 0 Å². The topological polar surface area (TPSA) is 77.6 Å². The third-order valence-electron chi connectivity index (χ3n) is 4.79. The number of hydrogen-bond acceptors (Lipinski definition) is 5. The van der Waals surface area contributed by atoms with Gasteiger partial charge in [0.15, 0.2) is 17.6 Å². The number of hydrogen-bond donors (Lipinski definition) is 0. The Bertz CT molecular complexity index is 1020. The van der Waals surface area contributed by atoms with Gasteiger partial charge in [0.2, 0.25) is 0 Å². The highest BCUT2D eigenvalue weighted by atomic mass is 35.5. The summed E-state index contributed by atoms with van der Waals surface area (Å²) in [6.07, 6.45) is 2.62. The molecule has 1 fully saturated rings. The van der Waals surface area contributed by atoms with Gasteiger partial charge in [-0.15, -0.1) is 0 Å². The van der Waals surface area contributed by atoms with Gasteiger partial charge in [0.05, 0.1) is 12.0 Å². The van der Waals surface area contributed by atoms with Gasteiger partial charge in [-0.1, -0.05) is 17.7 Å². The average Bonchev–Trinajstić information content (AvgIpc) is 3.48. The van der Waals surface area contributed by atoms with E-state index >= 15 is 0 Å². The van der Waals surface area contributed by atoms with Crippen LogP contribution in [0.4, 0.5) is 0 Å². The number of aromatic nitrogens is 2. The van der Waals surface area contributed by atoms with Gasteiger partial charge < -0.3 is 14.1 Å². The first-order valence-electron chi connectivity index (χ1n) is 9.42. The highest BCUT2D eigenvalue weighted by molar-refractivity contribution is 6.30. The van der Waals surface area contributed by atoms with Gasteiger partial charge in [0, 0.05) is 24.2 Å². The van der Waals surface area contributed by atoms with Crippen LogP contribution in [0.3, 0.4) is 0 Å². The molecule has 0 spiro atoms. The van der Waals surface area contributed by atoms with Crippen LogP contribution in [0.2, 0.25) is 5.02 Å². The summed E-state index contributed by atoms with van der Waals surface area (Å²) in [5, 5.41) is 4.93. The number of esters is 1. The molecule has 0 N–H and O–H groups in total. The molecule has 4 rings (SSSR count). The van der Waals surface area contributed by atoms with E-state index in [-0.39, 0.29) is 11.6 Å². The molecule has 8 heteroatoms. The molecule has 150 valence electrons. The molecule has 0 radical (unpaired) electrons. The lowest BCUT2D eigenvalue weighted by Gasteiger charge is -2.19. The van der Waals surface area contributed by atoms with E-state index in [0.29, 0.717) is 35.3 Å². The van der Waals surface area contributed by atoms with E-state index in [9.17, 15) is 9.59 Å². The van der Waals surface area contributed by atoms with E-state index in [4.69, 9.17) is 20.8 Å². The number of rotatable bonds is 5. The number of halogens is 1. The Hall–Kier alpha value is -3.06. The average molecular weight is 414 g/mol. The molecule has 7 nitrogen and oxygen atoms in total. The fraction of sp³-hybridized carbons (Fsp3) is 0.286. The molecule has 0 aliphatic carbocycles. The Labute approximate surface area is 172 Å². The molecule has 3 aromatic rings. The highest BCUT2D eigenvalue weighted by Gasteiger charge is 2.28. The maximum atomic E-state index is 12.7.